The molecule has 6 heteroatoms. The quantitative estimate of drug-likeness (QED) is 0.828. The Kier molecular flexibility index (Phi) is 7.33. The molecule has 0 saturated carbocycles. The molecular formula is C13H21NO4S. The van der Waals surface area contributed by atoms with Crippen LogP contribution in [0.25, 0.3) is 0 Å². The molecule has 0 aromatic heterocycles. The van der Waals surface area contributed by atoms with Crippen molar-refractivity contribution in [3.8, 4) is 0 Å². The van der Waals surface area contributed by atoms with Crippen LogP contribution in [-0.4, -0.2) is 18.9 Å². The number of aryl methyl sites for hydroxylation is 2. The fourth-order valence-corrected chi connectivity index (χ4v) is 2.63. The van der Waals surface area contributed by atoms with Gasteiger partial charge in [-0.1, -0.05) is 32.0 Å². The monoisotopic (exact) mass is 287 g/mol. The molecule has 0 unspecified atom stereocenters. The van der Waals surface area contributed by atoms with E-state index < -0.39 is 10.1 Å². The predicted molar refractivity (Wildman–Crippen MR) is 74.5 cm³/mol. The first-order valence-electron chi connectivity index (χ1n) is 6.08. The third-order valence-corrected chi connectivity index (χ3v) is 3.53. The second-order valence-corrected chi connectivity index (χ2v) is 5.47. The fraction of sp³-hybridized carbons (Fsp3) is 0.462. The van der Waals surface area contributed by atoms with E-state index in [1.807, 2.05) is 13.8 Å². The number of rotatable bonds is 4. The summed E-state index contributed by atoms with van der Waals surface area (Å²) >= 11 is 0. The van der Waals surface area contributed by atoms with Gasteiger partial charge >= 0.3 is 0 Å². The molecule has 5 nitrogen and oxygen atoms in total. The summed E-state index contributed by atoms with van der Waals surface area (Å²) in [5.74, 6) is -0.211. The van der Waals surface area contributed by atoms with E-state index in [4.69, 9.17) is 10.3 Å². The first-order chi connectivity index (χ1) is 8.73. The summed E-state index contributed by atoms with van der Waals surface area (Å²) in [5.41, 5.74) is 6.00. The molecule has 0 radical (unpaired) electrons. The van der Waals surface area contributed by atoms with E-state index in [-0.39, 0.29) is 10.8 Å². The van der Waals surface area contributed by atoms with E-state index in [2.05, 4.69) is 0 Å². The van der Waals surface area contributed by atoms with Gasteiger partial charge in [0.05, 0.1) is 4.90 Å². The number of carbonyl (C=O) groups is 1. The summed E-state index contributed by atoms with van der Waals surface area (Å²) in [6.07, 6.45) is 1.96. The zero-order chi connectivity index (χ0) is 15.1. The van der Waals surface area contributed by atoms with E-state index in [0.29, 0.717) is 24.0 Å². The summed E-state index contributed by atoms with van der Waals surface area (Å²) in [4.78, 5) is 9.87. The SMILES string of the molecule is CCCC(N)=O.CCc1cccc(C)c1S(=O)(=O)O. The Bertz CT molecular complexity index is 523. The molecule has 3 N–H and O–H groups in total. The van der Waals surface area contributed by atoms with Gasteiger partial charge < -0.3 is 5.73 Å². The van der Waals surface area contributed by atoms with Crippen molar-refractivity contribution >= 4 is 16.0 Å². The van der Waals surface area contributed by atoms with Crippen LogP contribution in [0.15, 0.2) is 23.1 Å². The van der Waals surface area contributed by atoms with E-state index in [0.717, 1.165) is 6.42 Å². The maximum absolute atomic E-state index is 11.0. The van der Waals surface area contributed by atoms with Crippen molar-refractivity contribution in [2.45, 2.75) is 44.9 Å². The molecule has 108 valence electrons. The minimum Gasteiger partial charge on any atom is -0.370 e. The highest BCUT2D eigenvalue weighted by atomic mass is 32.2. The van der Waals surface area contributed by atoms with Gasteiger partial charge in [-0.3, -0.25) is 9.35 Å². The van der Waals surface area contributed by atoms with Crippen LogP contribution < -0.4 is 5.73 Å². The summed E-state index contributed by atoms with van der Waals surface area (Å²) in [5, 5.41) is 0. The second kappa shape index (κ2) is 7.91. The first kappa shape index (κ1) is 17.6. The summed E-state index contributed by atoms with van der Waals surface area (Å²) < 4.78 is 30.9. The molecular weight excluding hydrogens is 266 g/mol. The number of hydrogen-bond acceptors (Lipinski definition) is 3. The highest BCUT2D eigenvalue weighted by Crippen LogP contribution is 2.20. The predicted octanol–water partition coefficient (Wildman–Crippen LogP) is 2.08. The summed E-state index contributed by atoms with van der Waals surface area (Å²) in [6.45, 7) is 5.44. The molecule has 0 fully saturated rings. The van der Waals surface area contributed by atoms with Crippen LogP contribution in [0.4, 0.5) is 0 Å². The van der Waals surface area contributed by atoms with Crippen LogP contribution in [0.5, 0.6) is 0 Å². The maximum Gasteiger partial charge on any atom is 0.295 e. The smallest absolute Gasteiger partial charge is 0.295 e. The van der Waals surface area contributed by atoms with Gasteiger partial charge in [0.15, 0.2) is 0 Å². The van der Waals surface area contributed by atoms with Crippen LogP contribution in [-0.2, 0) is 21.3 Å². The lowest BCUT2D eigenvalue weighted by Gasteiger charge is -2.07. The van der Waals surface area contributed by atoms with Crippen LogP contribution in [0.3, 0.4) is 0 Å². The van der Waals surface area contributed by atoms with Crippen LogP contribution in [0, 0.1) is 6.92 Å². The lowest BCUT2D eigenvalue weighted by atomic mass is 10.1. The molecule has 0 spiro atoms. The van der Waals surface area contributed by atoms with Crippen molar-refractivity contribution in [3.63, 3.8) is 0 Å². The lowest BCUT2D eigenvalue weighted by molar-refractivity contribution is -0.118. The van der Waals surface area contributed by atoms with Gasteiger partial charge in [0.1, 0.15) is 0 Å². The zero-order valence-corrected chi connectivity index (χ0v) is 12.3. The number of hydrogen-bond donors (Lipinski definition) is 2. The number of primary amides is 1. The van der Waals surface area contributed by atoms with Crippen LogP contribution >= 0.6 is 0 Å². The third kappa shape index (κ3) is 6.35. The van der Waals surface area contributed by atoms with Gasteiger partial charge in [0.2, 0.25) is 5.91 Å². The molecule has 0 saturated heterocycles. The molecule has 0 aliphatic carbocycles. The minimum atomic E-state index is -4.08. The van der Waals surface area contributed by atoms with Crippen molar-refractivity contribution in [3.05, 3.63) is 29.3 Å². The Morgan fingerprint density at radius 2 is 1.89 bits per heavy atom. The molecule has 1 aromatic carbocycles. The van der Waals surface area contributed by atoms with Crippen molar-refractivity contribution in [1.29, 1.82) is 0 Å². The maximum atomic E-state index is 11.0. The third-order valence-electron chi connectivity index (χ3n) is 2.43. The molecule has 0 bridgehead atoms. The van der Waals surface area contributed by atoms with Crippen LogP contribution in [0.1, 0.15) is 37.8 Å². The van der Waals surface area contributed by atoms with Gasteiger partial charge in [-0.15, -0.1) is 0 Å². The highest BCUT2D eigenvalue weighted by Gasteiger charge is 2.16. The number of nitrogens with two attached hydrogens (primary N) is 1. The highest BCUT2D eigenvalue weighted by molar-refractivity contribution is 7.86. The number of benzene rings is 1. The lowest BCUT2D eigenvalue weighted by Crippen LogP contribution is -2.08. The van der Waals surface area contributed by atoms with Gasteiger partial charge in [-0.2, -0.15) is 8.42 Å². The molecule has 1 rings (SSSR count). The Hall–Kier alpha value is -1.40. The summed E-state index contributed by atoms with van der Waals surface area (Å²) in [7, 11) is -4.08. The van der Waals surface area contributed by atoms with E-state index in [1.165, 1.54) is 0 Å². The number of amides is 1. The van der Waals surface area contributed by atoms with Gasteiger partial charge in [-0.05, 0) is 30.9 Å². The zero-order valence-electron chi connectivity index (χ0n) is 11.5. The normalized spacial score (nSPS) is 10.5. The van der Waals surface area contributed by atoms with Gasteiger partial charge in [-0.25, -0.2) is 0 Å². The van der Waals surface area contributed by atoms with Crippen molar-refractivity contribution < 1.29 is 17.8 Å². The average Bonchev–Trinajstić information content (AvgIpc) is 2.27. The molecule has 0 aliphatic rings. The standard InChI is InChI=1S/C9H12O3S.C4H9NO/c1-3-8-6-4-5-7(2)9(8)13(10,11)12;1-2-3-4(5)6/h4-6H,3H2,1-2H3,(H,10,11,12);2-3H2,1H3,(H2,5,6). The fourth-order valence-electron chi connectivity index (χ4n) is 1.61. The second-order valence-electron chi connectivity index (χ2n) is 4.11. The number of carbonyl (C=O) groups excluding carboxylic acids is 1. The van der Waals surface area contributed by atoms with Gasteiger partial charge in [0, 0.05) is 6.42 Å². The Labute approximate surface area is 114 Å². The Morgan fingerprint density at radius 1 is 1.32 bits per heavy atom. The van der Waals surface area contributed by atoms with Crippen molar-refractivity contribution in [1.82, 2.24) is 0 Å². The van der Waals surface area contributed by atoms with E-state index in [9.17, 15) is 13.2 Å². The topological polar surface area (TPSA) is 97.5 Å². The van der Waals surface area contributed by atoms with Crippen molar-refractivity contribution in [2.75, 3.05) is 0 Å². The molecule has 0 heterocycles. The molecule has 1 aromatic rings. The molecule has 19 heavy (non-hydrogen) atoms. The summed E-state index contributed by atoms with van der Waals surface area (Å²) in [6, 6.07) is 5.15. The Morgan fingerprint density at radius 3 is 2.16 bits per heavy atom. The Balaban J connectivity index is 0.000000459. The molecule has 0 atom stereocenters. The van der Waals surface area contributed by atoms with Crippen LogP contribution in [0.2, 0.25) is 0 Å². The van der Waals surface area contributed by atoms with E-state index in [1.54, 1.807) is 25.1 Å². The largest absolute Gasteiger partial charge is 0.370 e. The molecule has 0 aliphatic heterocycles. The molecule has 1 amide bonds. The van der Waals surface area contributed by atoms with E-state index >= 15 is 0 Å². The van der Waals surface area contributed by atoms with Crippen molar-refractivity contribution in [2.24, 2.45) is 5.73 Å². The van der Waals surface area contributed by atoms with Gasteiger partial charge in [0.25, 0.3) is 10.1 Å². The average molecular weight is 287 g/mol. The first-order valence-corrected chi connectivity index (χ1v) is 7.52. The minimum absolute atomic E-state index is 0.0532.